The largest absolute Gasteiger partial charge is 0.496 e. The van der Waals surface area contributed by atoms with Crippen LogP contribution in [-0.2, 0) is 0 Å². The number of hydrogen-bond donors (Lipinski definition) is 0. The van der Waals surface area contributed by atoms with E-state index in [9.17, 15) is 4.79 Å². The van der Waals surface area contributed by atoms with Crippen LogP contribution in [0, 0.1) is 0 Å². The summed E-state index contributed by atoms with van der Waals surface area (Å²) in [7, 11) is 1.60. The van der Waals surface area contributed by atoms with Gasteiger partial charge in [0.25, 0.3) is 5.91 Å². The maximum atomic E-state index is 12.6. The number of amides is 1. The Morgan fingerprint density at radius 2 is 2.33 bits per heavy atom. The minimum absolute atomic E-state index is 0.0810. The number of ether oxygens (including phenoxy) is 1. The van der Waals surface area contributed by atoms with Gasteiger partial charge in [-0.3, -0.25) is 4.79 Å². The molecule has 1 unspecified atom stereocenters. The second-order valence-corrected chi connectivity index (χ2v) is 5.46. The van der Waals surface area contributed by atoms with Crippen molar-refractivity contribution < 1.29 is 9.53 Å². The van der Waals surface area contributed by atoms with Gasteiger partial charge in [-0.2, -0.15) is 0 Å². The van der Waals surface area contributed by atoms with Gasteiger partial charge in [0.15, 0.2) is 0 Å². The van der Waals surface area contributed by atoms with Crippen LogP contribution in [0.25, 0.3) is 0 Å². The molecule has 0 saturated carbocycles. The highest BCUT2D eigenvalue weighted by Crippen LogP contribution is 2.28. The predicted octanol–water partition coefficient (Wildman–Crippen LogP) is 3.47. The van der Waals surface area contributed by atoms with E-state index >= 15 is 0 Å². The van der Waals surface area contributed by atoms with Crippen molar-refractivity contribution in [2.75, 3.05) is 13.7 Å². The lowest BCUT2D eigenvalue weighted by Crippen LogP contribution is -2.35. The molecule has 1 aromatic rings. The Kier molecular flexibility index (Phi) is 4.27. The molecule has 1 atom stereocenters. The summed E-state index contributed by atoms with van der Waals surface area (Å²) in [6, 6.07) is 5.93. The summed E-state index contributed by atoms with van der Waals surface area (Å²) in [4.78, 5) is 14.5. The molecule has 1 aromatic carbocycles. The van der Waals surface area contributed by atoms with Gasteiger partial charge in [-0.05, 0) is 37.5 Å². The van der Waals surface area contributed by atoms with Gasteiger partial charge in [0.1, 0.15) is 5.75 Å². The first-order valence-corrected chi connectivity index (χ1v) is 7.11. The summed E-state index contributed by atoms with van der Waals surface area (Å²) in [6.45, 7) is 2.99. The average Bonchev–Trinajstić information content (AvgIpc) is 2.86. The molecule has 4 heteroatoms. The van der Waals surface area contributed by atoms with Crippen molar-refractivity contribution in [2.24, 2.45) is 0 Å². The van der Waals surface area contributed by atoms with Crippen molar-refractivity contribution in [1.29, 1.82) is 0 Å². The fraction of sp³-hybridized carbons (Fsp3) is 0.500. The second kappa shape index (κ2) is 5.74. The normalized spacial score (nSPS) is 19.1. The Labute approximate surface area is 116 Å². The van der Waals surface area contributed by atoms with E-state index in [1.54, 1.807) is 7.11 Å². The monoisotopic (exact) mass is 311 g/mol. The molecular weight excluding hydrogens is 294 g/mol. The highest BCUT2D eigenvalue weighted by atomic mass is 79.9. The number of carbonyl (C=O) groups excluding carboxylic acids is 1. The summed E-state index contributed by atoms with van der Waals surface area (Å²) in [6.07, 6.45) is 3.22. The minimum Gasteiger partial charge on any atom is -0.496 e. The lowest BCUT2D eigenvalue weighted by atomic mass is 10.1. The topological polar surface area (TPSA) is 29.5 Å². The van der Waals surface area contributed by atoms with Gasteiger partial charge < -0.3 is 9.64 Å². The van der Waals surface area contributed by atoms with Crippen LogP contribution in [-0.4, -0.2) is 30.5 Å². The number of carbonyl (C=O) groups is 1. The van der Waals surface area contributed by atoms with Crippen LogP contribution in [0.4, 0.5) is 0 Å². The van der Waals surface area contributed by atoms with Crippen molar-refractivity contribution in [2.45, 2.75) is 32.2 Å². The first-order chi connectivity index (χ1) is 8.67. The van der Waals surface area contributed by atoms with Gasteiger partial charge in [0, 0.05) is 17.1 Å². The van der Waals surface area contributed by atoms with Crippen LogP contribution in [0.5, 0.6) is 5.75 Å². The number of hydrogen-bond acceptors (Lipinski definition) is 2. The Morgan fingerprint density at radius 3 is 3.00 bits per heavy atom. The van der Waals surface area contributed by atoms with Crippen LogP contribution in [0.3, 0.4) is 0 Å². The van der Waals surface area contributed by atoms with Gasteiger partial charge in [0.05, 0.1) is 12.7 Å². The first-order valence-electron chi connectivity index (χ1n) is 6.32. The average molecular weight is 312 g/mol. The Morgan fingerprint density at radius 1 is 1.56 bits per heavy atom. The number of benzene rings is 1. The van der Waals surface area contributed by atoms with E-state index in [1.807, 2.05) is 23.1 Å². The summed E-state index contributed by atoms with van der Waals surface area (Å²) < 4.78 is 6.18. The van der Waals surface area contributed by atoms with E-state index in [2.05, 4.69) is 22.9 Å². The molecule has 1 saturated heterocycles. The van der Waals surface area contributed by atoms with Crippen LogP contribution >= 0.6 is 15.9 Å². The molecule has 1 amide bonds. The third kappa shape index (κ3) is 2.53. The predicted molar refractivity (Wildman–Crippen MR) is 75.0 cm³/mol. The van der Waals surface area contributed by atoms with E-state index < -0.39 is 0 Å². The van der Waals surface area contributed by atoms with E-state index in [0.29, 0.717) is 17.4 Å². The van der Waals surface area contributed by atoms with Crippen molar-refractivity contribution >= 4 is 21.8 Å². The molecule has 0 spiro atoms. The van der Waals surface area contributed by atoms with Gasteiger partial charge in [0.2, 0.25) is 0 Å². The molecular formula is C14H18BrNO2. The molecule has 0 aliphatic carbocycles. The van der Waals surface area contributed by atoms with E-state index in [0.717, 1.165) is 30.3 Å². The third-order valence-corrected chi connectivity index (χ3v) is 3.99. The van der Waals surface area contributed by atoms with E-state index in [-0.39, 0.29) is 5.91 Å². The highest BCUT2D eigenvalue weighted by molar-refractivity contribution is 9.10. The summed E-state index contributed by atoms with van der Waals surface area (Å²) in [5.74, 6) is 0.724. The number of rotatable bonds is 3. The maximum absolute atomic E-state index is 12.6. The summed E-state index contributed by atoms with van der Waals surface area (Å²) >= 11 is 3.41. The molecule has 0 aromatic heterocycles. The van der Waals surface area contributed by atoms with Gasteiger partial charge in [-0.15, -0.1) is 0 Å². The van der Waals surface area contributed by atoms with Gasteiger partial charge >= 0.3 is 0 Å². The zero-order valence-electron chi connectivity index (χ0n) is 10.8. The molecule has 0 radical (unpaired) electrons. The fourth-order valence-electron chi connectivity index (χ4n) is 2.53. The fourth-order valence-corrected chi connectivity index (χ4v) is 2.89. The molecule has 1 fully saturated rings. The molecule has 0 N–H and O–H groups in total. The molecule has 2 rings (SSSR count). The first kappa shape index (κ1) is 13.4. The molecule has 1 aliphatic rings. The quantitative estimate of drug-likeness (QED) is 0.855. The van der Waals surface area contributed by atoms with Gasteiger partial charge in [-0.25, -0.2) is 0 Å². The van der Waals surface area contributed by atoms with Crippen LogP contribution in [0.2, 0.25) is 0 Å². The minimum atomic E-state index is 0.0810. The Bertz CT molecular complexity index is 447. The van der Waals surface area contributed by atoms with Gasteiger partial charge in [-0.1, -0.05) is 22.9 Å². The number of likely N-dealkylation sites (tertiary alicyclic amines) is 1. The zero-order chi connectivity index (χ0) is 13.1. The lowest BCUT2D eigenvalue weighted by molar-refractivity contribution is 0.0730. The molecule has 1 heterocycles. The SMILES string of the molecule is CCC1CCCN1C(=O)c1cc(Br)ccc1OC. The second-order valence-electron chi connectivity index (χ2n) is 4.55. The van der Waals surface area contributed by atoms with Crippen LogP contribution < -0.4 is 4.74 Å². The van der Waals surface area contributed by atoms with Crippen molar-refractivity contribution in [1.82, 2.24) is 4.90 Å². The van der Waals surface area contributed by atoms with E-state index in [1.165, 1.54) is 0 Å². The highest BCUT2D eigenvalue weighted by Gasteiger charge is 2.29. The Hall–Kier alpha value is -1.03. The number of methoxy groups -OCH3 is 1. The maximum Gasteiger partial charge on any atom is 0.257 e. The third-order valence-electron chi connectivity index (χ3n) is 3.50. The molecule has 3 nitrogen and oxygen atoms in total. The Balaban J connectivity index is 2.30. The zero-order valence-corrected chi connectivity index (χ0v) is 12.4. The van der Waals surface area contributed by atoms with Crippen LogP contribution in [0.1, 0.15) is 36.5 Å². The molecule has 0 bridgehead atoms. The van der Waals surface area contributed by atoms with Crippen molar-refractivity contribution in [3.05, 3.63) is 28.2 Å². The standard InChI is InChI=1S/C14H18BrNO2/c1-3-11-5-4-8-16(11)14(17)12-9-10(15)6-7-13(12)18-2/h6-7,9,11H,3-5,8H2,1-2H3. The number of nitrogens with zero attached hydrogens (tertiary/aromatic N) is 1. The van der Waals surface area contributed by atoms with E-state index in [4.69, 9.17) is 4.74 Å². The van der Waals surface area contributed by atoms with Crippen molar-refractivity contribution in [3.8, 4) is 5.75 Å². The molecule has 1 aliphatic heterocycles. The number of halogens is 1. The smallest absolute Gasteiger partial charge is 0.257 e. The molecule has 18 heavy (non-hydrogen) atoms. The van der Waals surface area contributed by atoms with Crippen LogP contribution in [0.15, 0.2) is 22.7 Å². The lowest BCUT2D eigenvalue weighted by Gasteiger charge is -2.24. The summed E-state index contributed by atoms with van der Waals surface area (Å²) in [5, 5.41) is 0. The summed E-state index contributed by atoms with van der Waals surface area (Å²) in [5.41, 5.74) is 0.646. The molecule has 98 valence electrons. The van der Waals surface area contributed by atoms with Crippen molar-refractivity contribution in [3.63, 3.8) is 0 Å².